The summed E-state index contributed by atoms with van der Waals surface area (Å²) in [7, 11) is -4.25. The highest BCUT2D eigenvalue weighted by Crippen LogP contribution is 2.33. The van der Waals surface area contributed by atoms with Gasteiger partial charge in [-0.3, -0.25) is 4.79 Å². The summed E-state index contributed by atoms with van der Waals surface area (Å²) in [6, 6.07) is 11.4. The lowest BCUT2D eigenvalue weighted by Gasteiger charge is -2.31. The topological polar surface area (TPSA) is 169 Å². The monoisotopic (exact) mass is 552 g/mol. The quantitative estimate of drug-likeness (QED) is 0.304. The minimum absolute atomic E-state index is 0.0341. The van der Waals surface area contributed by atoms with Gasteiger partial charge in [-0.15, -0.1) is 0 Å². The first-order valence-corrected chi connectivity index (χ1v) is 14.4. The molecule has 6 N–H and O–H groups in total. The molecule has 12 heteroatoms. The predicted octanol–water partition coefficient (Wildman–Crippen LogP) is 3.36. The Morgan fingerprint density at radius 1 is 1.08 bits per heavy atom. The fourth-order valence-electron chi connectivity index (χ4n) is 4.45. The van der Waals surface area contributed by atoms with E-state index in [1.54, 1.807) is 18.3 Å². The lowest BCUT2D eigenvalue weighted by atomic mass is 9.99. The molecule has 0 radical (unpaired) electrons. The Labute approximate surface area is 229 Å². The lowest BCUT2D eigenvalue weighted by Crippen LogP contribution is -2.49. The van der Waals surface area contributed by atoms with Crippen molar-refractivity contribution in [2.75, 3.05) is 16.0 Å². The number of nitrogens with one attached hydrogen (secondary N) is 2. The number of nitrogen functional groups attached to an aromatic ring is 1. The number of nitrogens with two attached hydrogens (primary N) is 2. The van der Waals surface area contributed by atoms with Gasteiger partial charge in [0.25, 0.3) is 15.9 Å². The van der Waals surface area contributed by atoms with Crippen LogP contribution in [0.1, 0.15) is 57.8 Å². The van der Waals surface area contributed by atoms with Crippen molar-refractivity contribution in [1.82, 2.24) is 19.7 Å². The van der Waals surface area contributed by atoms with Crippen molar-refractivity contribution in [2.24, 2.45) is 11.7 Å². The second-order valence-corrected chi connectivity index (χ2v) is 12.2. The molecule has 0 spiro atoms. The van der Waals surface area contributed by atoms with E-state index in [1.807, 2.05) is 32.9 Å². The van der Waals surface area contributed by atoms with E-state index in [2.05, 4.69) is 38.8 Å². The van der Waals surface area contributed by atoms with Crippen LogP contribution in [0.15, 0.2) is 53.7 Å². The third kappa shape index (κ3) is 6.12. The van der Waals surface area contributed by atoms with E-state index in [9.17, 15) is 13.2 Å². The molecule has 0 saturated carbocycles. The molecule has 1 saturated heterocycles. The van der Waals surface area contributed by atoms with Crippen molar-refractivity contribution < 1.29 is 13.2 Å². The maximum atomic E-state index is 13.3. The summed E-state index contributed by atoms with van der Waals surface area (Å²) in [5, 5.41) is 2.90. The number of carbonyl (C=O) groups is 1. The molecule has 3 aromatic rings. The highest BCUT2D eigenvalue weighted by atomic mass is 32.2. The zero-order valence-electron chi connectivity index (χ0n) is 22.8. The van der Waals surface area contributed by atoms with Gasteiger partial charge in [0, 0.05) is 23.8 Å². The molecule has 0 aromatic carbocycles. The number of amides is 1. The van der Waals surface area contributed by atoms with Crippen LogP contribution in [0.2, 0.25) is 0 Å². The summed E-state index contributed by atoms with van der Waals surface area (Å²) in [5.74, 6) is 0.468. The molecule has 4 heterocycles. The van der Waals surface area contributed by atoms with Gasteiger partial charge in [-0.1, -0.05) is 19.9 Å². The summed E-state index contributed by atoms with van der Waals surface area (Å²) in [5.41, 5.74) is 12.8. The van der Waals surface area contributed by atoms with Crippen molar-refractivity contribution in [2.45, 2.75) is 70.2 Å². The zero-order chi connectivity index (χ0) is 28.5. The maximum absolute atomic E-state index is 13.3. The van der Waals surface area contributed by atoms with Gasteiger partial charge in [0.05, 0.1) is 16.9 Å². The third-order valence-electron chi connectivity index (χ3n) is 7.22. The fraction of sp³-hybridized carbons (Fsp3) is 0.407. The third-order valence-corrected chi connectivity index (χ3v) is 8.45. The Bertz CT molecular complexity index is 1450. The number of carbonyl (C=O) groups excluding carboxylic acids is 1. The van der Waals surface area contributed by atoms with Gasteiger partial charge >= 0.3 is 0 Å². The summed E-state index contributed by atoms with van der Waals surface area (Å²) in [6.45, 7) is 10.1. The number of aromatic nitrogens is 3. The van der Waals surface area contributed by atoms with Crippen LogP contribution < -0.4 is 26.4 Å². The smallest absolute Gasteiger partial charge is 0.281 e. The van der Waals surface area contributed by atoms with Gasteiger partial charge < -0.3 is 21.7 Å². The van der Waals surface area contributed by atoms with Crippen LogP contribution in [0.3, 0.4) is 0 Å². The first-order valence-electron chi connectivity index (χ1n) is 12.9. The van der Waals surface area contributed by atoms with Gasteiger partial charge in [-0.2, -0.15) is 8.42 Å². The molecule has 1 fully saturated rings. The zero-order valence-corrected chi connectivity index (χ0v) is 23.7. The van der Waals surface area contributed by atoms with Gasteiger partial charge in [-0.25, -0.2) is 19.7 Å². The van der Waals surface area contributed by atoms with E-state index in [-0.39, 0.29) is 34.4 Å². The molecular formula is C27H36N8O3S. The fourth-order valence-corrected chi connectivity index (χ4v) is 5.39. The molecule has 39 heavy (non-hydrogen) atoms. The summed E-state index contributed by atoms with van der Waals surface area (Å²) in [4.78, 5) is 28.6. The second kappa shape index (κ2) is 10.8. The molecule has 11 nitrogen and oxygen atoms in total. The molecule has 1 amide bonds. The number of nitrogens with zero attached hydrogens (tertiary/aromatic N) is 4. The molecule has 208 valence electrons. The molecule has 0 unspecified atom stereocenters. The van der Waals surface area contributed by atoms with Crippen LogP contribution >= 0.6 is 0 Å². The molecule has 4 rings (SSSR count). The first-order chi connectivity index (χ1) is 18.3. The van der Waals surface area contributed by atoms with Crippen molar-refractivity contribution >= 4 is 33.4 Å². The van der Waals surface area contributed by atoms with Crippen LogP contribution in [-0.2, 0) is 10.0 Å². The molecule has 0 aliphatic carbocycles. The van der Waals surface area contributed by atoms with Crippen LogP contribution in [0.25, 0.3) is 11.3 Å². The molecule has 0 bridgehead atoms. The van der Waals surface area contributed by atoms with Crippen molar-refractivity contribution in [3.8, 4) is 11.3 Å². The Morgan fingerprint density at radius 3 is 2.36 bits per heavy atom. The number of hydrogen-bond donors (Lipinski definition) is 4. The van der Waals surface area contributed by atoms with E-state index in [0.717, 1.165) is 18.4 Å². The van der Waals surface area contributed by atoms with Crippen LogP contribution in [0, 0.1) is 5.92 Å². The number of hydrogen-bond acceptors (Lipinski definition) is 10. The first kappa shape index (κ1) is 28.2. The predicted molar refractivity (Wildman–Crippen MR) is 152 cm³/mol. The van der Waals surface area contributed by atoms with Crippen molar-refractivity contribution in [3.63, 3.8) is 0 Å². The van der Waals surface area contributed by atoms with E-state index in [4.69, 9.17) is 16.5 Å². The highest BCUT2D eigenvalue weighted by Gasteiger charge is 2.33. The number of pyridine rings is 3. The minimum atomic E-state index is -4.25. The summed E-state index contributed by atoms with van der Waals surface area (Å²) < 4.78 is 27.9. The number of rotatable bonds is 8. The SMILES string of the molecule is CC(C)[C@](C)(N)Nc1ccc(-c2ccc(C(=O)NS(=O)(=O)c3cccc(N)n3)c(N3[C@H](C)CC[C@@H]3C)n2)cn1. The Hall–Kier alpha value is -3.77. The minimum Gasteiger partial charge on any atom is -0.384 e. The van der Waals surface area contributed by atoms with E-state index < -0.39 is 21.6 Å². The average Bonchev–Trinajstić information content (AvgIpc) is 3.21. The van der Waals surface area contributed by atoms with Crippen LogP contribution in [0.4, 0.5) is 17.5 Å². The summed E-state index contributed by atoms with van der Waals surface area (Å²) >= 11 is 0. The Kier molecular flexibility index (Phi) is 7.80. The molecule has 1 aliphatic heterocycles. The molecular weight excluding hydrogens is 516 g/mol. The van der Waals surface area contributed by atoms with Crippen LogP contribution in [-0.4, -0.2) is 47.0 Å². The Morgan fingerprint density at radius 2 is 1.77 bits per heavy atom. The van der Waals surface area contributed by atoms with E-state index >= 15 is 0 Å². The largest absolute Gasteiger partial charge is 0.384 e. The van der Waals surface area contributed by atoms with Crippen molar-refractivity contribution in [1.29, 1.82) is 0 Å². The molecule has 3 aromatic heterocycles. The van der Waals surface area contributed by atoms with Gasteiger partial charge in [0.1, 0.15) is 17.5 Å². The van der Waals surface area contributed by atoms with Gasteiger partial charge in [0.2, 0.25) is 0 Å². The van der Waals surface area contributed by atoms with Crippen LogP contribution in [0.5, 0.6) is 0 Å². The molecule has 3 atom stereocenters. The molecule has 1 aliphatic rings. The van der Waals surface area contributed by atoms with Gasteiger partial charge in [0.15, 0.2) is 5.03 Å². The number of sulfonamides is 1. The summed E-state index contributed by atoms with van der Waals surface area (Å²) in [6.07, 6.45) is 3.54. The van der Waals surface area contributed by atoms with E-state index in [0.29, 0.717) is 17.3 Å². The Balaban J connectivity index is 1.69. The van der Waals surface area contributed by atoms with E-state index in [1.165, 1.54) is 18.2 Å². The van der Waals surface area contributed by atoms with Crippen molar-refractivity contribution in [3.05, 3.63) is 54.2 Å². The van der Waals surface area contributed by atoms with Gasteiger partial charge in [-0.05, 0) is 75.9 Å². The lowest BCUT2D eigenvalue weighted by molar-refractivity contribution is 0.0981. The average molecular weight is 553 g/mol. The normalized spacial score (nSPS) is 19.1. The second-order valence-electron chi connectivity index (χ2n) is 10.6. The number of anilines is 3. The maximum Gasteiger partial charge on any atom is 0.281 e. The standard InChI is InChI=1S/C27H36N8O3S/c1-16(2)27(5,29)33-23-14-11-19(15-30-23)21-13-12-20(25(31-21)35-17(3)9-10-18(35)4)26(36)34-39(37,38)24-8-6-7-22(28)32-24/h6-8,11-18H,9-10,29H2,1-5H3,(H2,28,32)(H,30,33)(H,34,36)/t17-,18+,27-/m1/s1. The highest BCUT2D eigenvalue weighted by molar-refractivity contribution is 7.90.